The van der Waals surface area contributed by atoms with Crippen LogP contribution in [0, 0.1) is 11.8 Å². The lowest BCUT2D eigenvalue weighted by atomic mass is 9.92. The van der Waals surface area contributed by atoms with Crippen molar-refractivity contribution < 1.29 is 4.79 Å². The van der Waals surface area contributed by atoms with E-state index < -0.39 is 0 Å². The standard InChI is InChI=1S/C22H26N2OS.ClH/c25-22(24-12-10-19-14-23-15-20(19)11-13-24)18-8-6-17(7-9-18)16-26-21-4-2-1-3-5-21;/h1-9,19-20,23H,10-16H2;1H/t19-,20+;. The number of benzene rings is 2. The number of amides is 1. The van der Waals surface area contributed by atoms with E-state index in [1.54, 1.807) is 0 Å². The Morgan fingerprint density at radius 3 is 2.22 bits per heavy atom. The molecule has 1 amide bonds. The van der Waals surface area contributed by atoms with Gasteiger partial charge in [-0.1, -0.05) is 30.3 Å². The molecule has 27 heavy (non-hydrogen) atoms. The largest absolute Gasteiger partial charge is 0.339 e. The Morgan fingerprint density at radius 1 is 0.963 bits per heavy atom. The second-order valence-electron chi connectivity index (χ2n) is 7.35. The highest BCUT2D eigenvalue weighted by molar-refractivity contribution is 7.98. The Morgan fingerprint density at radius 2 is 1.59 bits per heavy atom. The number of nitrogens with zero attached hydrogens (tertiary/aromatic N) is 1. The summed E-state index contributed by atoms with van der Waals surface area (Å²) in [6.07, 6.45) is 2.27. The third-order valence-corrected chi connectivity index (χ3v) is 6.74. The number of halogens is 1. The summed E-state index contributed by atoms with van der Waals surface area (Å²) in [5, 5.41) is 3.49. The highest BCUT2D eigenvalue weighted by atomic mass is 35.5. The van der Waals surface area contributed by atoms with Gasteiger partial charge in [-0.25, -0.2) is 0 Å². The predicted octanol–water partition coefficient (Wildman–Crippen LogP) is 4.47. The first-order valence-electron chi connectivity index (χ1n) is 9.56. The molecule has 2 aromatic carbocycles. The van der Waals surface area contributed by atoms with Crippen molar-refractivity contribution >= 4 is 30.1 Å². The van der Waals surface area contributed by atoms with Crippen LogP contribution in [0.4, 0.5) is 0 Å². The fourth-order valence-electron chi connectivity index (χ4n) is 4.03. The zero-order chi connectivity index (χ0) is 17.8. The first kappa shape index (κ1) is 20.2. The van der Waals surface area contributed by atoms with E-state index in [0.717, 1.165) is 62.2 Å². The van der Waals surface area contributed by atoms with Gasteiger partial charge < -0.3 is 10.2 Å². The number of hydrogen-bond acceptors (Lipinski definition) is 3. The summed E-state index contributed by atoms with van der Waals surface area (Å²) in [5.74, 6) is 2.63. The van der Waals surface area contributed by atoms with Gasteiger partial charge in [0.25, 0.3) is 5.91 Å². The first-order valence-corrected chi connectivity index (χ1v) is 10.5. The molecule has 2 atom stereocenters. The molecule has 4 rings (SSSR count). The third kappa shape index (κ3) is 5.07. The fourth-order valence-corrected chi connectivity index (χ4v) is 4.91. The molecular weight excluding hydrogens is 376 g/mol. The van der Waals surface area contributed by atoms with Gasteiger partial charge >= 0.3 is 0 Å². The van der Waals surface area contributed by atoms with Gasteiger partial charge in [0.2, 0.25) is 0 Å². The Hall–Kier alpha value is -1.49. The molecule has 5 heteroatoms. The SMILES string of the molecule is Cl.O=C(c1ccc(CSc2ccccc2)cc1)N1CC[C@@H]2CNC[C@@H]2CC1. The van der Waals surface area contributed by atoms with Crippen molar-refractivity contribution in [2.45, 2.75) is 23.5 Å². The van der Waals surface area contributed by atoms with Gasteiger partial charge in [0.05, 0.1) is 0 Å². The lowest BCUT2D eigenvalue weighted by molar-refractivity contribution is 0.0758. The maximum atomic E-state index is 12.9. The van der Waals surface area contributed by atoms with Crippen molar-refractivity contribution in [1.29, 1.82) is 0 Å². The smallest absolute Gasteiger partial charge is 0.253 e. The molecule has 0 spiro atoms. The molecule has 0 saturated carbocycles. The summed E-state index contributed by atoms with van der Waals surface area (Å²) >= 11 is 1.83. The van der Waals surface area contributed by atoms with Gasteiger partial charge in [-0.05, 0) is 67.6 Å². The third-order valence-electron chi connectivity index (χ3n) is 5.66. The average Bonchev–Trinajstić information content (AvgIpc) is 3.05. The van der Waals surface area contributed by atoms with Crippen molar-refractivity contribution in [2.75, 3.05) is 26.2 Å². The Labute approximate surface area is 172 Å². The van der Waals surface area contributed by atoms with Crippen LogP contribution in [0.2, 0.25) is 0 Å². The molecule has 2 saturated heterocycles. The number of hydrogen-bond donors (Lipinski definition) is 1. The van der Waals surface area contributed by atoms with Crippen molar-refractivity contribution in [3.63, 3.8) is 0 Å². The molecule has 2 aromatic rings. The maximum Gasteiger partial charge on any atom is 0.253 e. The molecule has 0 bridgehead atoms. The Kier molecular flexibility index (Phi) is 7.22. The number of carbonyl (C=O) groups is 1. The fraction of sp³-hybridized carbons (Fsp3) is 0.409. The Bertz CT molecular complexity index is 724. The van der Waals surface area contributed by atoms with Gasteiger partial charge in [-0.2, -0.15) is 0 Å². The number of thioether (sulfide) groups is 1. The number of nitrogens with one attached hydrogen (secondary N) is 1. The van der Waals surface area contributed by atoms with Crippen LogP contribution in [-0.2, 0) is 5.75 Å². The number of rotatable bonds is 4. The molecule has 144 valence electrons. The number of carbonyl (C=O) groups excluding carboxylic acids is 1. The molecule has 3 nitrogen and oxygen atoms in total. The average molecular weight is 403 g/mol. The van der Waals surface area contributed by atoms with E-state index >= 15 is 0 Å². The van der Waals surface area contributed by atoms with Gasteiger partial charge in [0.15, 0.2) is 0 Å². The van der Waals surface area contributed by atoms with Crippen LogP contribution < -0.4 is 5.32 Å². The molecule has 0 aliphatic carbocycles. The second kappa shape index (κ2) is 9.63. The van der Waals surface area contributed by atoms with Crippen LogP contribution in [0.15, 0.2) is 59.5 Å². The minimum atomic E-state index is 0. The number of fused-ring (bicyclic) bond motifs is 1. The van der Waals surface area contributed by atoms with Gasteiger partial charge in [0, 0.05) is 29.3 Å². The van der Waals surface area contributed by atoms with E-state index in [2.05, 4.69) is 46.6 Å². The van der Waals surface area contributed by atoms with Crippen molar-refractivity contribution in [1.82, 2.24) is 10.2 Å². The molecule has 2 aliphatic rings. The summed E-state index contributed by atoms with van der Waals surface area (Å²) in [6.45, 7) is 4.04. The highest BCUT2D eigenvalue weighted by Gasteiger charge is 2.31. The Balaban J connectivity index is 0.00000210. The lowest BCUT2D eigenvalue weighted by Gasteiger charge is -2.21. The minimum Gasteiger partial charge on any atom is -0.339 e. The molecule has 2 aliphatic heterocycles. The van der Waals surface area contributed by atoms with Crippen LogP contribution in [0.25, 0.3) is 0 Å². The molecule has 0 aromatic heterocycles. The van der Waals surface area contributed by atoms with Crippen LogP contribution in [-0.4, -0.2) is 37.0 Å². The predicted molar refractivity (Wildman–Crippen MR) is 115 cm³/mol. The van der Waals surface area contributed by atoms with Gasteiger partial charge in [-0.15, -0.1) is 24.2 Å². The highest BCUT2D eigenvalue weighted by Crippen LogP contribution is 2.28. The zero-order valence-corrected chi connectivity index (χ0v) is 17.1. The monoisotopic (exact) mass is 402 g/mol. The van der Waals surface area contributed by atoms with Crippen LogP contribution in [0.1, 0.15) is 28.8 Å². The number of likely N-dealkylation sites (tertiary alicyclic amines) is 1. The zero-order valence-electron chi connectivity index (χ0n) is 15.5. The van der Waals surface area contributed by atoms with Crippen LogP contribution in [0.3, 0.4) is 0 Å². The molecule has 0 unspecified atom stereocenters. The van der Waals surface area contributed by atoms with E-state index in [9.17, 15) is 4.79 Å². The van der Waals surface area contributed by atoms with Gasteiger partial charge in [-0.3, -0.25) is 4.79 Å². The quantitative estimate of drug-likeness (QED) is 0.765. The topological polar surface area (TPSA) is 32.3 Å². The van der Waals surface area contributed by atoms with Crippen molar-refractivity contribution in [3.8, 4) is 0 Å². The van der Waals surface area contributed by atoms with E-state index in [1.165, 1.54) is 10.5 Å². The lowest BCUT2D eigenvalue weighted by Crippen LogP contribution is -2.32. The summed E-state index contributed by atoms with van der Waals surface area (Å²) in [7, 11) is 0. The van der Waals surface area contributed by atoms with E-state index in [1.807, 2.05) is 30.0 Å². The van der Waals surface area contributed by atoms with Crippen molar-refractivity contribution in [3.05, 3.63) is 65.7 Å². The summed E-state index contributed by atoms with van der Waals surface area (Å²) < 4.78 is 0. The first-order chi connectivity index (χ1) is 12.8. The summed E-state index contributed by atoms with van der Waals surface area (Å²) in [4.78, 5) is 16.2. The normalized spacial score (nSPS) is 21.9. The van der Waals surface area contributed by atoms with E-state index in [0.29, 0.717) is 0 Å². The van der Waals surface area contributed by atoms with E-state index in [4.69, 9.17) is 0 Å². The van der Waals surface area contributed by atoms with Crippen LogP contribution in [0.5, 0.6) is 0 Å². The molecule has 2 fully saturated rings. The summed E-state index contributed by atoms with van der Waals surface area (Å²) in [6, 6.07) is 18.6. The molecule has 2 heterocycles. The van der Waals surface area contributed by atoms with Crippen molar-refractivity contribution in [2.24, 2.45) is 11.8 Å². The molecular formula is C22H27ClN2OS. The van der Waals surface area contributed by atoms with Crippen LogP contribution >= 0.6 is 24.2 Å². The molecule has 1 N–H and O–H groups in total. The van der Waals surface area contributed by atoms with Gasteiger partial charge in [0.1, 0.15) is 0 Å². The summed E-state index contributed by atoms with van der Waals surface area (Å²) in [5.41, 5.74) is 2.08. The minimum absolute atomic E-state index is 0. The van der Waals surface area contributed by atoms with E-state index in [-0.39, 0.29) is 18.3 Å². The molecule has 0 radical (unpaired) electrons. The maximum absolute atomic E-state index is 12.9. The second-order valence-corrected chi connectivity index (χ2v) is 8.40.